The maximum absolute atomic E-state index is 13.4. The molecule has 162 valence electrons. The molecule has 0 aliphatic carbocycles. The smallest absolute Gasteiger partial charge is 0.290 e. The van der Waals surface area contributed by atoms with Crippen molar-refractivity contribution in [2.75, 3.05) is 6.61 Å². The van der Waals surface area contributed by atoms with Crippen LogP contribution >= 0.6 is 11.3 Å². The third-order valence-electron chi connectivity index (χ3n) is 5.43. The van der Waals surface area contributed by atoms with E-state index in [1.807, 2.05) is 42.5 Å². The molecule has 2 aromatic carbocycles. The number of hydrogen-bond donors (Lipinski definition) is 2. The highest BCUT2D eigenvalue weighted by molar-refractivity contribution is 7.20. The van der Waals surface area contributed by atoms with E-state index in [-0.39, 0.29) is 12.4 Å². The number of nitrogens with zero attached hydrogens (tertiary/aromatic N) is 1. The number of carbonyl (C=O) groups is 2. The van der Waals surface area contributed by atoms with Gasteiger partial charge in [0.05, 0.1) is 11.5 Å². The van der Waals surface area contributed by atoms with Crippen LogP contribution in [0.5, 0.6) is 5.75 Å². The molecule has 2 aromatic heterocycles. The van der Waals surface area contributed by atoms with Crippen LogP contribution in [-0.4, -0.2) is 29.1 Å². The summed E-state index contributed by atoms with van der Waals surface area (Å²) in [4.78, 5) is 27.1. The monoisotopic (exact) mass is 446 g/mol. The zero-order chi connectivity index (χ0) is 22.6. The van der Waals surface area contributed by atoms with Crippen LogP contribution in [0.15, 0.2) is 72.9 Å². The molecule has 2 N–H and O–H groups in total. The highest BCUT2D eigenvalue weighted by atomic mass is 32.1. The maximum atomic E-state index is 13.4. The Balaban J connectivity index is 0.000000775. The fraction of sp³-hybridized carbons (Fsp3) is 0.160. The number of ether oxygens (including phenoxy) is 1. The number of carbonyl (C=O) groups excluding carboxylic acids is 1. The van der Waals surface area contributed by atoms with Gasteiger partial charge in [0.15, 0.2) is 0 Å². The van der Waals surface area contributed by atoms with Gasteiger partial charge in [-0.1, -0.05) is 48.0 Å². The van der Waals surface area contributed by atoms with Gasteiger partial charge in [0, 0.05) is 17.3 Å². The maximum Gasteiger partial charge on any atom is 0.290 e. The van der Waals surface area contributed by atoms with Gasteiger partial charge in [0.1, 0.15) is 17.0 Å². The van der Waals surface area contributed by atoms with E-state index in [9.17, 15) is 4.79 Å². The summed E-state index contributed by atoms with van der Waals surface area (Å²) < 4.78 is 6.95. The number of thiophene rings is 1. The van der Waals surface area contributed by atoms with Crippen LogP contribution in [0, 0.1) is 6.92 Å². The van der Waals surface area contributed by atoms with E-state index >= 15 is 0 Å². The molecule has 5 rings (SSSR count). The average molecular weight is 447 g/mol. The van der Waals surface area contributed by atoms with Crippen molar-refractivity contribution < 1.29 is 19.4 Å². The molecular formula is C25H22N2O4S. The number of nitrogens with one attached hydrogen (secondary N) is 1. The second-order valence-electron chi connectivity index (χ2n) is 7.43. The predicted molar refractivity (Wildman–Crippen MR) is 124 cm³/mol. The fourth-order valence-corrected chi connectivity index (χ4v) is 4.88. The summed E-state index contributed by atoms with van der Waals surface area (Å²) in [6, 6.07) is 22.1. The minimum Gasteiger partial charge on any atom is -0.491 e. The van der Waals surface area contributed by atoms with Crippen molar-refractivity contribution in [1.29, 1.82) is 0 Å². The molecule has 0 fully saturated rings. The van der Waals surface area contributed by atoms with Crippen LogP contribution in [0.3, 0.4) is 0 Å². The molecule has 0 saturated heterocycles. The zero-order valence-electron chi connectivity index (χ0n) is 17.4. The van der Waals surface area contributed by atoms with E-state index in [0.717, 1.165) is 27.1 Å². The lowest BCUT2D eigenvalue weighted by atomic mass is 9.81. The molecule has 0 unspecified atom stereocenters. The summed E-state index contributed by atoms with van der Waals surface area (Å²) in [6.45, 7) is 2.32. The summed E-state index contributed by atoms with van der Waals surface area (Å²) in [5, 5.41) is 11.3. The van der Waals surface area contributed by atoms with Crippen molar-refractivity contribution in [3.8, 4) is 5.75 Å². The van der Waals surface area contributed by atoms with Crippen LogP contribution in [0.2, 0.25) is 0 Å². The molecular weight excluding hydrogens is 424 g/mol. The third-order valence-corrected chi connectivity index (χ3v) is 6.55. The van der Waals surface area contributed by atoms with Crippen molar-refractivity contribution in [3.05, 3.63) is 94.6 Å². The molecule has 0 radical (unpaired) electrons. The number of carboxylic acid groups (broad SMARTS) is 1. The van der Waals surface area contributed by atoms with E-state index in [2.05, 4.69) is 41.5 Å². The molecule has 0 saturated carbocycles. The molecule has 0 bridgehead atoms. The van der Waals surface area contributed by atoms with Crippen LogP contribution in [-0.2, 0) is 10.3 Å². The quantitative estimate of drug-likeness (QED) is 0.443. The Labute approximate surface area is 189 Å². The Morgan fingerprint density at radius 1 is 1.16 bits per heavy atom. The molecule has 4 aromatic rings. The minimum absolute atomic E-state index is 0.0923. The van der Waals surface area contributed by atoms with Crippen molar-refractivity contribution in [3.63, 3.8) is 0 Å². The lowest BCUT2D eigenvalue weighted by Crippen LogP contribution is -2.50. The van der Waals surface area contributed by atoms with Crippen LogP contribution < -0.4 is 10.1 Å². The van der Waals surface area contributed by atoms with Crippen molar-refractivity contribution in [2.24, 2.45) is 0 Å². The average Bonchev–Trinajstić information content (AvgIpc) is 3.25. The molecule has 0 spiro atoms. The van der Waals surface area contributed by atoms with Crippen molar-refractivity contribution >= 4 is 33.8 Å². The van der Waals surface area contributed by atoms with Crippen molar-refractivity contribution in [2.45, 2.75) is 18.9 Å². The van der Waals surface area contributed by atoms with Gasteiger partial charge in [-0.3, -0.25) is 14.6 Å². The van der Waals surface area contributed by atoms with Gasteiger partial charge in [0.25, 0.3) is 12.4 Å². The molecule has 1 aliphatic heterocycles. The number of aryl methyl sites for hydroxylation is 1. The number of aromatic nitrogens is 1. The summed E-state index contributed by atoms with van der Waals surface area (Å²) >= 11 is 1.51. The third kappa shape index (κ3) is 4.07. The summed E-state index contributed by atoms with van der Waals surface area (Å²) in [7, 11) is 0. The van der Waals surface area contributed by atoms with E-state index in [1.165, 1.54) is 16.9 Å². The summed E-state index contributed by atoms with van der Waals surface area (Å²) in [5.41, 5.74) is 2.22. The van der Waals surface area contributed by atoms with Gasteiger partial charge in [-0.25, -0.2) is 0 Å². The van der Waals surface area contributed by atoms with E-state index < -0.39 is 5.54 Å². The minimum atomic E-state index is -0.726. The number of amides is 1. The number of pyridine rings is 1. The first kappa shape index (κ1) is 21.5. The van der Waals surface area contributed by atoms with Gasteiger partial charge in [0.2, 0.25) is 0 Å². The van der Waals surface area contributed by atoms with E-state index in [1.54, 1.807) is 6.20 Å². The van der Waals surface area contributed by atoms with Crippen LogP contribution in [0.4, 0.5) is 0 Å². The molecule has 1 aliphatic rings. The van der Waals surface area contributed by atoms with Crippen LogP contribution in [0.25, 0.3) is 10.1 Å². The Morgan fingerprint density at radius 3 is 2.66 bits per heavy atom. The molecule has 6 nitrogen and oxygen atoms in total. The van der Waals surface area contributed by atoms with Gasteiger partial charge in [-0.15, -0.1) is 11.3 Å². The number of fused-ring (bicyclic) bond motifs is 2. The Morgan fingerprint density at radius 2 is 1.91 bits per heavy atom. The number of benzene rings is 2. The topological polar surface area (TPSA) is 88.5 Å². The first-order valence-electron chi connectivity index (χ1n) is 10.1. The first-order chi connectivity index (χ1) is 15.6. The standard InChI is InChI=1S/C24H20N2O2S.CH2O2/c1-16-8-10-18(11-9-16)24(12-14-28-19-6-4-13-25-22(19)24)26-23(27)21-15-17-5-2-3-7-20(17)29-21;2-1-3/h2-11,13,15H,12,14H2,1H3,(H,26,27);1H,(H,2,3)/t24-;/m0./s1. The Bertz CT molecular complexity index is 1220. The fourth-order valence-electron chi connectivity index (χ4n) is 3.92. The lowest BCUT2D eigenvalue weighted by molar-refractivity contribution is -0.122. The van der Waals surface area contributed by atoms with Gasteiger partial charge in [-0.05, 0) is 42.1 Å². The largest absolute Gasteiger partial charge is 0.491 e. The predicted octanol–water partition coefficient (Wildman–Crippen LogP) is 4.76. The summed E-state index contributed by atoms with van der Waals surface area (Å²) in [6.07, 6.45) is 2.37. The highest BCUT2D eigenvalue weighted by Crippen LogP contribution is 2.41. The molecule has 3 heterocycles. The van der Waals surface area contributed by atoms with Crippen molar-refractivity contribution in [1.82, 2.24) is 10.3 Å². The second-order valence-corrected chi connectivity index (χ2v) is 8.51. The molecule has 7 heteroatoms. The lowest BCUT2D eigenvalue weighted by Gasteiger charge is -2.38. The molecule has 1 amide bonds. The SMILES string of the molecule is Cc1ccc([C@@]2(NC(=O)c3cc4ccccc4s3)CCOc3cccnc32)cc1.O=CO. The Kier molecular flexibility index (Phi) is 6.18. The van der Waals surface area contributed by atoms with Gasteiger partial charge >= 0.3 is 0 Å². The molecule has 32 heavy (non-hydrogen) atoms. The molecule has 1 atom stereocenters. The van der Waals surface area contributed by atoms with E-state index in [4.69, 9.17) is 14.6 Å². The highest BCUT2D eigenvalue weighted by Gasteiger charge is 2.42. The van der Waals surface area contributed by atoms with Gasteiger partial charge < -0.3 is 15.2 Å². The normalized spacial score (nSPS) is 16.8. The van der Waals surface area contributed by atoms with Gasteiger partial charge in [-0.2, -0.15) is 0 Å². The van der Waals surface area contributed by atoms with E-state index in [0.29, 0.717) is 17.9 Å². The number of hydrogen-bond acceptors (Lipinski definition) is 5. The Hall–Kier alpha value is -3.71. The summed E-state index contributed by atoms with van der Waals surface area (Å²) in [5.74, 6) is 0.626. The second kappa shape index (κ2) is 9.20. The first-order valence-corrected chi connectivity index (χ1v) is 10.9. The van der Waals surface area contributed by atoms with Crippen LogP contribution in [0.1, 0.15) is 32.9 Å². The number of rotatable bonds is 3. The zero-order valence-corrected chi connectivity index (χ0v) is 18.3.